The topological polar surface area (TPSA) is 137 Å². The van der Waals surface area contributed by atoms with Gasteiger partial charge >= 0.3 is 6.09 Å². The Morgan fingerprint density at radius 3 is 2.44 bits per heavy atom. The first-order valence-corrected chi connectivity index (χ1v) is 13.6. The molecule has 2 aliphatic heterocycles. The van der Waals surface area contributed by atoms with Gasteiger partial charge < -0.3 is 24.9 Å². The summed E-state index contributed by atoms with van der Waals surface area (Å²) in [7, 11) is 0. The maximum absolute atomic E-state index is 13.3. The van der Waals surface area contributed by atoms with Crippen molar-refractivity contribution in [3.63, 3.8) is 0 Å². The van der Waals surface area contributed by atoms with Crippen molar-refractivity contribution in [2.75, 3.05) is 44.2 Å². The molecule has 6 rings (SSSR count). The van der Waals surface area contributed by atoms with Crippen molar-refractivity contribution >= 4 is 40.3 Å². The maximum atomic E-state index is 13.3. The molecule has 1 aliphatic carbocycles. The van der Waals surface area contributed by atoms with Gasteiger partial charge in [-0.1, -0.05) is 11.6 Å². The highest BCUT2D eigenvalue weighted by Gasteiger charge is 2.39. The maximum Gasteiger partial charge on any atom is 0.407 e. The summed E-state index contributed by atoms with van der Waals surface area (Å²) in [5.74, 6) is 0.332. The van der Waals surface area contributed by atoms with E-state index in [0.29, 0.717) is 73.9 Å². The molecule has 4 heterocycles. The second kappa shape index (κ2) is 9.83. The molecule has 13 heteroatoms. The first kappa shape index (κ1) is 25.6. The lowest BCUT2D eigenvalue weighted by molar-refractivity contribution is -0.137. The number of carbonyl (C=O) groups is 2. The van der Waals surface area contributed by atoms with E-state index in [1.165, 1.54) is 22.0 Å². The SMILES string of the molecule is O=C(O)N1CCN(c2cc(-n3ncc4c(=O)n(CC5(O)CCN(C(=O)C6CC6)CC5)cnc43)ccc2Cl)CC1. The van der Waals surface area contributed by atoms with Crippen molar-refractivity contribution in [2.45, 2.75) is 37.8 Å². The second-order valence-corrected chi connectivity index (χ2v) is 11.1. The number of anilines is 1. The molecule has 2 amide bonds. The third-order valence-corrected chi connectivity index (χ3v) is 8.34. The van der Waals surface area contributed by atoms with Crippen molar-refractivity contribution in [3.05, 3.63) is 46.1 Å². The molecule has 39 heavy (non-hydrogen) atoms. The average molecular weight is 556 g/mol. The quantitative estimate of drug-likeness (QED) is 0.486. The Labute approximate surface area is 229 Å². The fourth-order valence-corrected chi connectivity index (χ4v) is 5.71. The molecular formula is C26H30ClN7O5. The van der Waals surface area contributed by atoms with Gasteiger partial charge in [0.25, 0.3) is 5.56 Å². The lowest BCUT2D eigenvalue weighted by Crippen LogP contribution is -2.50. The molecule has 0 spiro atoms. The van der Waals surface area contributed by atoms with Crippen LogP contribution in [0.1, 0.15) is 25.7 Å². The number of fused-ring (bicyclic) bond motifs is 1. The van der Waals surface area contributed by atoms with Crippen molar-refractivity contribution in [3.8, 4) is 5.69 Å². The van der Waals surface area contributed by atoms with Crippen LogP contribution in [0.15, 0.2) is 35.5 Å². The smallest absolute Gasteiger partial charge is 0.407 e. The van der Waals surface area contributed by atoms with Crippen molar-refractivity contribution in [2.24, 2.45) is 5.92 Å². The number of hydrogen-bond acceptors (Lipinski definition) is 7. The van der Waals surface area contributed by atoms with E-state index in [1.54, 1.807) is 16.8 Å². The molecule has 0 bridgehead atoms. The summed E-state index contributed by atoms with van der Waals surface area (Å²) in [6.07, 6.45) is 4.69. The normalized spacial score (nSPS) is 19.5. The van der Waals surface area contributed by atoms with E-state index < -0.39 is 11.7 Å². The van der Waals surface area contributed by atoms with Crippen LogP contribution >= 0.6 is 11.6 Å². The van der Waals surface area contributed by atoms with Crippen molar-refractivity contribution in [1.82, 2.24) is 29.1 Å². The van der Waals surface area contributed by atoms with Crippen molar-refractivity contribution < 1.29 is 19.8 Å². The Hall–Kier alpha value is -3.64. The fraction of sp³-hybridized carbons (Fsp3) is 0.500. The van der Waals surface area contributed by atoms with Gasteiger partial charge in [0.1, 0.15) is 11.7 Å². The summed E-state index contributed by atoms with van der Waals surface area (Å²) in [6, 6.07) is 5.40. The highest BCUT2D eigenvalue weighted by atomic mass is 35.5. The predicted molar refractivity (Wildman–Crippen MR) is 143 cm³/mol. The molecular weight excluding hydrogens is 526 g/mol. The molecule has 1 saturated carbocycles. The highest BCUT2D eigenvalue weighted by Crippen LogP contribution is 2.34. The molecule has 0 unspecified atom stereocenters. The van der Waals surface area contributed by atoms with Crippen molar-refractivity contribution in [1.29, 1.82) is 0 Å². The number of aromatic nitrogens is 4. The summed E-state index contributed by atoms with van der Waals surface area (Å²) in [4.78, 5) is 46.7. The van der Waals surface area contributed by atoms with Crippen LogP contribution in [0.2, 0.25) is 5.02 Å². The molecule has 3 aliphatic rings. The van der Waals surface area contributed by atoms with E-state index in [4.69, 9.17) is 11.6 Å². The summed E-state index contributed by atoms with van der Waals surface area (Å²) in [5, 5.41) is 25.7. The van der Waals surface area contributed by atoms with Crippen LogP contribution in [0.4, 0.5) is 10.5 Å². The number of rotatable bonds is 5. The van der Waals surface area contributed by atoms with E-state index in [9.17, 15) is 24.6 Å². The minimum Gasteiger partial charge on any atom is -0.465 e. The van der Waals surface area contributed by atoms with Gasteiger partial charge in [0.05, 0.1) is 34.7 Å². The molecule has 206 valence electrons. The monoisotopic (exact) mass is 555 g/mol. The first-order chi connectivity index (χ1) is 18.7. The number of nitrogens with zero attached hydrogens (tertiary/aromatic N) is 7. The summed E-state index contributed by atoms with van der Waals surface area (Å²) in [5.41, 5.74) is 0.420. The predicted octanol–water partition coefficient (Wildman–Crippen LogP) is 1.80. The van der Waals surface area contributed by atoms with Gasteiger partial charge in [0, 0.05) is 45.2 Å². The van der Waals surface area contributed by atoms with Crippen LogP contribution in [0.25, 0.3) is 16.7 Å². The van der Waals surface area contributed by atoms with E-state index >= 15 is 0 Å². The third kappa shape index (κ3) is 4.94. The number of halogens is 1. The van der Waals surface area contributed by atoms with Gasteiger partial charge in [-0.3, -0.25) is 14.2 Å². The van der Waals surface area contributed by atoms with E-state index in [1.807, 2.05) is 15.9 Å². The largest absolute Gasteiger partial charge is 0.465 e. The van der Waals surface area contributed by atoms with E-state index in [2.05, 4.69) is 10.1 Å². The Bertz CT molecular complexity index is 1480. The number of aliphatic hydroxyl groups is 1. The fourth-order valence-electron chi connectivity index (χ4n) is 5.47. The number of carboxylic acid groups (broad SMARTS) is 1. The molecule has 1 aromatic carbocycles. The first-order valence-electron chi connectivity index (χ1n) is 13.2. The standard InChI is InChI=1S/C26H30ClN7O5/c27-20-4-3-18(13-21(20)30-9-11-32(12-10-30)25(37)38)34-22-19(14-29-34)24(36)33(16-28-22)15-26(39)5-7-31(8-6-26)23(35)17-1-2-17/h3-4,13-14,16-17,39H,1-2,5-12,15H2,(H,37,38). The minimum atomic E-state index is -1.09. The molecule has 3 aromatic rings. The molecule has 0 radical (unpaired) electrons. The number of likely N-dealkylation sites (tertiary alicyclic amines) is 1. The molecule has 0 atom stereocenters. The van der Waals surface area contributed by atoms with E-state index in [0.717, 1.165) is 18.5 Å². The highest BCUT2D eigenvalue weighted by molar-refractivity contribution is 6.33. The number of piperidine rings is 1. The molecule has 3 fully saturated rings. The minimum absolute atomic E-state index is 0.0961. The molecule has 12 nitrogen and oxygen atoms in total. The molecule has 2 N–H and O–H groups in total. The summed E-state index contributed by atoms with van der Waals surface area (Å²) >= 11 is 6.49. The van der Waals surface area contributed by atoms with Gasteiger partial charge in [-0.05, 0) is 43.9 Å². The number of hydrogen-bond donors (Lipinski definition) is 2. The zero-order valence-corrected chi connectivity index (χ0v) is 22.1. The number of carbonyl (C=O) groups excluding carboxylic acids is 1. The third-order valence-electron chi connectivity index (χ3n) is 8.02. The Balaban J connectivity index is 1.21. The van der Waals surface area contributed by atoms with Gasteiger partial charge in [-0.25, -0.2) is 14.5 Å². The lowest BCUT2D eigenvalue weighted by atomic mass is 9.91. The van der Waals surface area contributed by atoms with Gasteiger partial charge in [0.15, 0.2) is 5.65 Å². The number of benzene rings is 1. The zero-order valence-electron chi connectivity index (χ0n) is 21.4. The van der Waals surface area contributed by atoms with Crippen LogP contribution in [-0.2, 0) is 11.3 Å². The second-order valence-electron chi connectivity index (χ2n) is 10.7. The Morgan fingerprint density at radius 1 is 1.05 bits per heavy atom. The Kier molecular flexibility index (Phi) is 6.46. The van der Waals surface area contributed by atoms with Gasteiger partial charge in [-0.15, -0.1) is 0 Å². The number of piperazine rings is 1. The number of amides is 2. The Morgan fingerprint density at radius 2 is 1.77 bits per heavy atom. The van der Waals surface area contributed by atoms with Crippen LogP contribution in [-0.4, -0.2) is 96.2 Å². The summed E-state index contributed by atoms with van der Waals surface area (Å²) < 4.78 is 2.99. The van der Waals surface area contributed by atoms with Crippen LogP contribution in [0.3, 0.4) is 0 Å². The van der Waals surface area contributed by atoms with E-state index in [-0.39, 0.29) is 23.9 Å². The zero-order chi connectivity index (χ0) is 27.3. The molecule has 2 saturated heterocycles. The van der Waals surface area contributed by atoms with Gasteiger partial charge in [0.2, 0.25) is 5.91 Å². The van der Waals surface area contributed by atoms with Crippen LogP contribution in [0.5, 0.6) is 0 Å². The van der Waals surface area contributed by atoms with Gasteiger partial charge in [-0.2, -0.15) is 5.10 Å². The average Bonchev–Trinajstić information content (AvgIpc) is 3.69. The van der Waals surface area contributed by atoms with Crippen LogP contribution in [0, 0.1) is 5.92 Å². The summed E-state index contributed by atoms with van der Waals surface area (Å²) in [6.45, 7) is 2.84. The molecule has 2 aromatic heterocycles. The lowest BCUT2D eigenvalue weighted by Gasteiger charge is -2.38. The van der Waals surface area contributed by atoms with Crippen LogP contribution < -0.4 is 10.5 Å².